The van der Waals surface area contributed by atoms with Crippen molar-refractivity contribution in [1.29, 1.82) is 0 Å². The zero-order chi connectivity index (χ0) is 34.8. The predicted molar refractivity (Wildman–Crippen MR) is 192 cm³/mol. The number of benzene rings is 4. The maximum absolute atomic E-state index is 14.7. The Morgan fingerprint density at radius 1 is 0.878 bits per heavy atom. The first-order chi connectivity index (χ1) is 23.6. The summed E-state index contributed by atoms with van der Waals surface area (Å²) < 4.78 is 49.8. The molecular formula is C38H41BrFN3O5S. The van der Waals surface area contributed by atoms with Gasteiger partial charge in [0.15, 0.2) is 0 Å². The monoisotopic (exact) mass is 749 g/mol. The first-order valence-electron chi connectivity index (χ1n) is 16.5. The molecule has 0 spiro atoms. The number of carbonyl (C=O) groups is 2. The van der Waals surface area contributed by atoms with Gasteiger partial charge in [-0.1, -0.05) is 77.7 Å². The van der Waals surface area contributed by atoms with Crippen molar-refractivity contribution in [3.63, 3.8) is 0 Å². The number of nitrogens with zero attached hydrogens (tertiary/aromatic N) is 2. The van der Waals surface area contributed by atoms with Gasteiger partial charge in [0.05, 0.1) is 17.2 Å². The number of ether oxygens (including phenoxy) is 1. The minimum Gasteiger partial charge on any atom is -0.494 e. The van der Waals surface area contributed by atoms with Crippen LogP contribution in [-0.2, 0) is 32.6 Å². The Hall–Kier alpha value is -4.22. The van der Waals surface area contributed by atoms with Crippen LogP contribution in [0.15, 0.2) is 112 Å². The lowest BCUT2D eigenvalue weighted by Crippen LogP contribution is -2.55. The van der Waals surface area contributed by atoms with E-state index in [1.807, 2.05) is 37.3 Å². The average molecular weight is 751 g/mol. The smallest absolute Gasteiger partial charge is 0.264 e. The lowest BCUT2D eigenvalue weighted by molar-refractivity contribution is -0.140. The molecule has 0 aromatic heterocycles. The summed E-state index contributed by atoms with van der Waals surface area (Å²) in [5.74, 6) is -0.771. The topological polar surface area (TPSA) is 96.0 Å². The van der Waals surface area contributed by atoms with Crippen LogP contribution >= 0.6 is 15.9 Å². The summed E-state index contributed by atoms with van der Waals surface area (Å²) in [6.45, 7) is 1.66. The Morgan fingerprint density at radius 2 is 1.53 bits per heavy atom. The van der Waals surface area contributed by atoms with Crippen molar-refractivity contribution in [2.45, 2.75) is 69.0 Å². The molecule has 8 nitrogen and oxygen atoms in total. The molecule has 0 aliphatic heterocycles. The summed E-state index contributed by atoms with van der Waals surface area (Å²) >= 11 is 3.36. The number of nitrogens with one attached hydrogen (secondary N) is 1. The molecule has 2 amide bonds. The highest BCUT2D eigenvalue weighted by Gasteiger charge is 2.35. The minimum atomic E-state index is -4.26. The lowest BCUT2D eigenvalue weighted by atomic mass is 9.94. The number of rotatable bonds is 14. The predicted octanol–water partition coefficient (Wildman–Crippen LogP) is 7.27. The van der Waals surface area contributed by atoms with Crippen LogP contribution in [0.1, 0.15) is 50.2 Å². The third kappa shape index (κ3) is 9.70. The van der Waals surface area contributed by atoms with Crippen molar-refractivity contribution in [3.8, 4) is 5.75 Å². The summed E-state index contributed by atoms with van der Waals surface area (Å²) in [4.78, 5) is 30.3. The summed E-state index contributed by atoms with van der Waals surface area (Å²) in [5, 5.41) is 3.19. The molecule has 5 rings (SSSR count). The van der Waals surface area contributed by atoms with E-state index in [2.05, 4.69) is 21.2 Å². The molecule has 0 heterocycles. The molecule has 1 atom stereocenters. The molecule has 1 aliphatic rings. The molecule has 0 saturated heterocycles. The van der Waals surface area contributed by atoms with Gasteiger partial charge in [0, 0.05) is 23.5 Å². The molecular weight excluding hydrogens is 709 g/mol. The van der Waals surface area contributed by atoms with Crippen LogP contribution in [0.3, 0.4) is 0 Å². The maximum Gasteiger partial charge on any atom is 0.264 e. The van der Waals surface area contributed by atoms with Crippen LogP contribution in [0.5, 0.6) is 5.75 Å². The normalized spacial score (nSPS) is 14.1. The Balaban J connectivity index is 1.56. The van der Waals surface area contributed by atoms with Crippen molar-refractivity contribution in [1.82, 2.24) is 10.2 Å². The van der Waals surface area contributed by atoms with Gasteiger partial charge in [-0.2, -0.15) is 0 Å². The van der Waals surface area contributed by atoms with Gasteiger partial charge in [-0.05, 0) is 91.6 Å². The molecule has 1 aliphatic carbocycles. The van der Waals surface area contributed by atoms with Crippen molar-refractivity contribution < 1.29 is 27.1 Å². The van der Waals surface area contributed by atoms with Crippen molar-refractivity contribution >= 4 is 43.5 Å². The quantitative estimate of drug-likeness (QED) is 0.146. The number of hydrogen-bond acceptors (Lipinski definition) is 5. The molecule has 0 bridgehead atoms. The van der Waals surface area contributed by atoms with E-state index in [4.69, 9.17) is 4.74 Å². The van der Waals surface area contributed by atoms with Crippen LogP contribution in [-0.4, -0.2) is 50.4 Å². The molecule has 11 heteroatoms. The van der Waals surface area contributed by atoms with Crippen LogP contribution in [0.25, 0.3) is 0 Å². The highest BCUT2D eigenvalue weighted by atomic mass is 79.9. The third-order valence-corrected chi connectivity index (χ3v) is 10.9. The van der Waals surface area contributed by atoms with Gasteiger partial charge in [-0.25, -0.2) is 12.8 Å². The number of hydrogen-bond donors (Lipinski definition) is 1. The Kier molecular flexibility index (Phi) is 12.5. The standard InChI is InChI=1S/C38H41BrFN3O5S/c1-2-48-34-21-19-33(20-22-34)43(49(46,47)35-23-15-30(39)16-24-35)27-37(44)42(26-29-13-17-31(40)18-14-29)36(25-28-9-5-3-6-10-28)38(45)41-32-11-7-4-8-12-32/h3,5-6,9-10,13-24,32,36H,2,4,7-8,11-12,25-27H2,1H3,(H,41,45)/t36-/m0/s1. The molecule has 1 fully saturated rings. The second-order valence-corrected chi connectivity index (χ2v) is 14.9. The van der Waals surface area contributed by atoms with Gasteiger partial charge in [0.2, 0.25) is 11.8 Å². The fraction of sp³-hybridized carbons (Fsp3) is 0.316. The molecule has 0 radical (unpaired) electrons. The number of amides is 2. The fourth-order valence-electron chi connectivity index (χ4n) is 6.02. The number of carbonyl (C=O) groups excluding carboxylic acids is 2. The van der Waals surface area contributed by atoms with Crippen molar-refractivity contribution in [3.05, 3.63) is 125 Å². The third-order valence-electron chi connectivity index (χ3n) is 8.61. The van der Waals surface area contributed by atoms with Crippen LogP contribution in [0, 0.1) is 5.82 Å². The van der Waals surface area contributed by atoms with Gasteiger partial charge in [-0.3, -0.25) is 13.9 Å². The molecule has 4 aromatic rings. The first-order valence-corrected chi connectivity index (χ1v) is 18.8. The zero-order valence-electron chi connectivity index (χ0n) is 27.4. The van der Waals surface area contributed by atoms with Crippen LogP contribution < -0.4 is 14.4 Å². The number of anilines is 1. The molecule has 1 saturated carbocycles. The van der Waals surface area contributed by atoms with Crippen LogP contribution in [0.2, 0.25) is 0 Å². The van der Waals surface area contributed by atoms with Gasteiger partial charge < -0.3 is 15.0 Å². The van der Waals surface area contributed by atoms with E-state index in [0.717, 1.165) is 42.0 Å². The molecule has 49 heavy (non-hydrogen) atoms. The fourth-order valence-corrected chi connectivity index (χ4v) is 7.70. The second-order valence-electron chi connectivity index (χ2n) is 12.1. The number of sulfonamides is 1. The number of halogens is 2. The molecule has 4 aromatic carbocycles. The molecule has 258 valence electrons. The highest BCUT2D eigenvalue weighted by molar-refractivity contribution is 9.10. The largest absolute Gasteiger partial charge is 0.494 e. The highest BCUT2D eigenvalue weighted by Crippen LogP contribution is 2.28. The molecule has 0 unspecified atom stereocenters. The maximum atomic E-state index is 14.7. The average Bonchev–Trinajstić information content (AvgIpc) is 3.11. The Bertz CT molecular complexity index is 1780. The minimum absolute atomic E-state index is 0.00153. The Labute approximate surface area is 296 Å². The van der Waals surface area contributed by atoms with Crippen LogP contribution in [0.4, 0.5) is 10.1 Å². The van der Waals surface area contributed by atoms with E-state index < -0.39 is 34.3 Å². The second kappa shape index (κ2) is 16.9. The summed E-state index contributed by atoms with van der Waals surface area (Å²) in [6.07, 6.45) is 5.05. The van der Waals surface area contributed by atoms with E-state index in [1.165, 1.54) is 29.2 Å². The van der Waals surface area contributed by atoms with Gasteiger partial charge >= 0.3 is 0 Å². The molecule has 1 N–H and O–H groups in total. The van der Waals surface area contributed by atoms with Gasteiger partial charge in [0.1, 0.15) is 24.2 Å². The SMILES string of the molecule is CCOc1ccc(N(CC(=O)N(Cc2ccc(F)cc2)[C@@H](Cc2ccccc2)C(=O)NC2CCCCC2)S(=O)(=O)c2ccc(Br)cc2)cc1. The van der Waals surface area contributed by atoms with E-state index in [0.29, 0.717) is 22.4 Å². The summed E-state index contributed by atoms with van der Waals surface area (Å²) in [5.41, 5.74) is 1.70. The first kappa shape index (κ1) is 36.1. The van der Waals surface area contributed by atoms with E-state index >= 15 is 0 Å². The zero-order valence-corrected chi connectivity index (χ0v) is 29.8. The van der Waals surface area contributed by atoms with Gasteiger partial charge in [-0.15, -0.1) is 0 Å². The van der Waals surface area contributed by atoms with Crippen molar-refractivity contribution in [2.75, 3.05) is 17.5 Å². The Morgan fingerprint density at radius 3 is 2.16 bits per heavy atom. The summed E-state index contributed by atoms with van der Waals surface area (Å²) in [6, 6.07) is 26.8. The van der Waals surface area contributed by atoms with Gasteiger partial charge in [0.25, 0.3) is 10.0 Å². The van der Waals surface area contributed by atoms with E-state index in [-0.39, 0.29) is 35.5 Å². The lowest BCUT2D eigenvalue weighted by Gasteiger charge is -2.35. The summed E-state index contributed by atoms with van der Waals surface area (Å²) in [7, 11) is -4.26. The van der Waals surface area contributed by atoms with E-state index in [9.17, 15) is 22.4 Å². The van der Waals surface area contributed by atoms with Crippen molar-refractivity contribution in [2.24, 2.45) is 0 Å². The van der Waals surface area contributed by atoms with E-state index in [1.54, 1.807) is 48.5 Å².